The lowest BCUT2D eigenvalue weighted by Crippen LogP contribution is -2.35. The molecule has 1 aliphatic heterocycles. The summed E-state index contributed by atoms with van der Waals surface area (Å²) in [7, 11) is 0. The topological polar surface area (TPSA) is 53.6 Å². The number of nitriles is 1. The molecule has 8 heteroatoms. The number of aromatic nitrogens is 2. The largest absolute Gasteiger partial charge is 0.410 e. The van der Waals surface area contributed by atoms with Crippen LogP contribution in [0.15, 0.2) is 23.7 Å². The number of halogens is 3. The highest BCUT2D eigenvalue weighted by molar-refractivity contribution is 7.10. The Labute approximate surface area is 116 Å². The van der Waals surface area contributed by atoms with Crippen molar-refractivity contribution >= 4 is 17.2 Å². The first kappa shape index (κ1) is 13.0. The maximum Gasteiger partial charge on any atom is 0.410 e. The van der Waals surface area contributed by atoms with E-state index in [-0.39, 0.29) is 17.8 Å². The number of alkyl halides is 3. The van der Waals surface area contributed by atoms with Gasteiger partial charge in [-0.15, -0.1) is 11.3 Å². The van der Waals surface area contributed by atoms with E-state index < -0.39 is 18.3 Å². The lowest BCUT2D eigenvalue weighted by atomic mass is 10.0. The van der Waals surface area contributed by atoms with Crippen molar-refractivity contribution in [1.29, 1.82) is 5.26 Å². The number of fused-ring (bicyclic) bond motifs is 1. The smallest absolute Gasteiger partial charge is 0.361 e. The average Bonchev–Trinajstić information content (AvgIpc) is 3.05. The number of thiophene rings is 1. The maximum absolute atomic E-state index is 13.2. The zero-order valence-electron chi connectivity index (χ0n) is 10.1. The Morgan fingerprint density at radius 3 is 2.90 bits per heavy atom. The average molecular weight is 298 g/mol. The van der Waals surface area contributed by atoms with Crippen LogP contribution in [0.4, 0.5) is 19.0 Å². The number of anilines is 1. The number of nitrogens with zero attached hydrogens (tertiary/aromatic N) is 3. The molecule has 0 bridgehead atoms. The van der Waals surface area contributed by atoms with Crippen LogP contribution < -0.4 is 5.32 Å². The molecule has 2 aromatic rings. The third kappa shape index (κ3) is 2.04. The van der Waals surface area contributed by atoms with Crippen LogP contribution in [0.5, 0.6) is 0 Å². The number of rotatable bonds is 1. The lowest BCUT2D eigenvalue weighted by Gasteiger charge is -2.33. The Bertz CT molecular complexity index is 653. The molecule has 0 amide bonds. The molecule has 20 heavy (non-hydrogen) atoms. The molecule has 0 aromatic carbocycles. The molecule has 0 radical (unpaired) electrons. The van der Waals surface area contributed by atoms with Crippen molar-refractivity contribution in [3.8, 4) is 6.07 Å². The summed E-state index contributed by atoms with van der Waals surface area (Å²) in [4.78, 5) is 0.815. The fourth-order valence-electron chi connectivity index (χ4n) is 2.32. The van der Waals surface area contributed by atoms with Gasteiger partial charge in [-0.3, -0.25) is 0 Å². The molecule has 3 rings (SSSR count). The summed E-state index contributed by atoms with van der Waals surface area (Å²) in [6, 6.07) is 3.27. The van der Waals surface area contributed by atoms with Gasteiger partial charge in [0.05, 0.1) is 12.2 Å². The van der Waals surface area contributed by atoms with Gasteiger partial charge in [-0.2, -0.15) is 23.5 Å². The summed E-state index contributed by atoms with van der Waals surface area (Å²) in [5.41, 5.74) is 0.125. The van der Waals surface area contributed by atoms with E-state index in [1.54, 1.807) is 12.1 Å². The first-order valence-corrected chi connectivity index (χ1v) is 6.73. The van der Waals surface area contributed by atoms with Crippen LogP contribution in [0.2, 0.25) is 0 Å². The van der Waals surface area contributed by atoms with Gasteiger partial charge < -0.3 is 5.32 Å². The molecule has 4 nitrogen and oxygen atoms in total. The third-order valence-electron chi connectivity index (χ3n) is 3.25. The minimum absolute atomic E-state index is 0.125. The number of nitrogens with one attached hydrogen (secondary N) is 1. The van der Waals surface area contributed by atoms with E-state index in [0.29, 0.717) is 0 Å². The second-order valence-corrected chi connectivity index (χ2v) is 5.45. The zero-order chi connectivity index (χ0) is 14.3. The predicted molar refractivity (Wildman–Crippen MR) is 67.3 cm³/mol. The first-order chi connectivity index (χ1) is 9.50. The Kier molecular flexibility index (Phi) is 2.94. The van der Waals surface area contributed by atoms with E-state index in [1.807, 2.05) is 11.4 Å². The maximum atomic E-state index is 13.2. The van der Waals surface area contributed by atoms with Gasteiger partial charge in [0.1, 0.15) is 17.5 Å². The van der Waals surface area contributed by atoms with Gasteiger partial charge in [0, 0.05) is 11.3 Å². The van der Waals surface area contributed by atoms with Gasteiger partial charge in [0.25, 0.3) is 0 Å². The summed E-state index contributed by atoms with van der Waals surface area (Å²) in [5.74, 6) is 0.138. The van der Waals surface area contributed by atoms with E-state index in [4.69, 9.17) is 5.26 Å². The molecule has 0 unspecified atom stereocenters. The predicted octanol–water partition coefficient (Wildman–Crippen LogP) is 3.48. The normalized spacial score (nSPS) is 21.9. The van der Waals surface area contributed by atoms with E-state index in [1.165, 1.54) is 11.3 Å². The van der Waals surface area contributed by atoms with Crippen LogP contribution in [0.3, 0.4) is 0 Å². The highest BCUT2D eigenvalue weighted by Gasteiger charge is 2.47. The standard InChI is InChI=1S/C12H9F3N4S/c13-12(14,15)10-4-8(9-2-1-3-20-9)18-11-7(5-16)6-17-19(10)11/h1-3,6,8,10,18H,4H2/t8-,10+/m0/s1. The molecule has 2 atom stereocenters. The van der Waals surface area contributed by atoms with E-state index in [0.717, 1.165) is 15.8 Å². The SMILES string of the molecule is N#Cc1cnn2c1N[C@H](c1cccs1)C[C@@H]2C(F)(F)F. The fraction of sp³-hybridized carbons (Fsp3) is 0.333. The Hall–Kier alpha value is -2.01. The second-order valence-electron chi connectivity index (χ2n) is 4.47. The van der Waals surface area contributed by atoms with Gasteiger partial charge in [-0.25, -0.2) is 4.68 Å². The van der Waals surface area contributed by atoms with Gasteiger partial charge in [0.15, 0.2) is 6.04 Å². The minimum Gasteiger partial charge on any atom is -0.361 e. The molecular weight excluding hydrogens is 289 g/mol. The first-order valence-electron chi connectivity index (χ1n) is 5.85. The summed E-state index contributed by atoms with van der Waals surface area (Å²) >= 11 is 1.39. The molecule has 0 fully saturated rings. The van der Waals surface area contributed by atoms with Gasteiger partial charge in [-0.05, 0) is 11.4 Å². The van der Waals surface area contributed by atoms with Crippen molar-refractivity contribution < 1.29 is 13.2 Å². The van der Waals surface area contributed by atoms with E-state index in [2.05, 4.69) is 10.4 Å². The number of hydrogen-bond donors (Lipinski definition) is 1. The van der Waals surface area contributed by atoms with Crippen LogP contribution in [0, 0.1) is 11.3 Å². The molecule has 1 aliphatic rings. The van der Waals surface area contributed by atoms with Crippen LogP contribution in [-0.4, -0.2) is 16.0 Å². The Morgan fingerprint density at radius 2 is 2.30 bits per heavy atom. The van der Waals surface area contributed by atoms with Crippen molar-refractivity contribution in [1.82, 2.24) is 9.78 Å². The Morgan fingerprint density at radius 1 is 1.50 bits per heavy atom. The van der Waals surface area contributed by atoms with Crippen LogP contribution in [0.25, 0.3) is 0 Å². The Balaban J connectivity index is 2.06. The van der Waals surface area contributed by atoms with Crippen LogP contribution in [-0.2, 0) is 0 Å². The highest BCUT2D eigenvalue weighted by Crippen LogP contribution is 2.44. The molecule has 104 valence electrons. The van der Waals surface area contributed by atoms with Crippen molar-refractivity contribution in [2.24, 2.45) is 0 Å². The molecule has 0 saturated carbocycles. The summed E-state index contributed by atoms with van der Waals surface area (Å²) < 4.78 is 40.4. The van der Waals surface area contributed by atoms with E-state index in [9.17, 15) is 13.2 Å². The molecule has 0 saturated heterocycles. The van der Waals surface area contributed by atoms with Gasteiger partial charge in [0.2, 0.25) is 0 Å². The summed E-state index contributed by atoms with van der Waals surface area (Å²) in [5, 5.41) is 17.5. The molecule has 0 aliphatic carbocycles. The van der Waals surface area contributed by atoms with Crippen molar-refractivity contribution in [3.63, 3.8) is 0 Å². The van der Waals surface area contributed by atoms with Crippen LogP contribution >= 0.6 is 11.3 Å². The fourth-order valence-corrected chi connectivity index (χ4v) is 3.11. The monoisotopic (exact) mass is 298 g/mol. The van der Waals surface area contributed by atoms with Gasteiger partial charge in [-0.1, -0.05) is 6.07 Å². The highest BCUT2D eigenvalue weighted by atomic mass is 32.1. The second kappa shape index (κ2) is 4.52. The molecule has 2 aromatic heterocycles. The minimum atomic E-state index is -4.40. The molecule has 3 heterocycles. The van der Waals surface area contributed by atoms with Crippen LogP contribution in [0.1, 0.15) is 28.9 Å². The van der Waals surface area contributed by atoms with E-state index >= 15 is 0 Å². The van der Waals surface area contributed by atoms with Crippen molar-refractivity contribution in [2.75, 3.05) is 5.32 Å². The lowest BCUT2D eigenvalue weighted by molar-refractivity contribution is -0.173. The quantitative estimate of drug-likeness (QED) is 0.877. The zero-order valence-corrected chi connectivity index (χ0v) is 10.9. The summed E-state index contributed by atoms with van der Waals surface area (Å²) in [6.07, 6.45) is -3.37. The molecular formula is C12H9F3N4S. The number of hydrogen-bond acceptors (Lipinski definition) is 4. The molecule has 1 N–H and O–H groups in total. The summed E-state index contributed by atoms with van der Waals surface area (Å²) in [6.45, 7) is 0. The van der Waals surface area contributed by atoms with Gasteiger partial charge >= 0.3 is 6.18 Å². The van der Waals surface area contributed by atoms with Crippen molar-refractivity contribution in [2.45, 2.75) is 24.7 Å². The molecule has 0 spiro atoms. The third-order valence-corrected chi connectivity index (χ3v) is 4.23. The van der Waals surface area contributed by atoms with Crippen molar-refractivity contribution in [3.05, 3.63) is 34.2 Å².